The summed E-state index contributed by atoms with van der Waals surface area (Å²) in [5.74, 6) is 1.72. The van der Waals surface area contributed by atoms with Gasteiger partial charge >= 0.3 is 0 Å². The van der Waals surface area contributed by atoms with Crippen molar-refractivity contribution in [3.05, 3.63) is 194 Å². The van der Waals surface area contributed by atoms with Gasteiger partial charge in [-0.25, -0.2) is 4.98 Å². The summed E-state index contributed by atoms with van der Waals surface area (Å²) < 4.78 is 8.90. The first-order chi connectivity index (χ1) is 29.7. The van der Waals surface area contributed by atoms with E-state index >= 15 is 0 Å². The van der Waals surface area contributed by atoms with Crippen LogP contribution in [-0.4, -0.2) is 19.5 Å². The Bertz CT molecular complexity index is 3810. The summed E-state index contributed by atoms with van der Waals surface area (Å²) in [4.78, 5) is 16.3. The molecule has 0 aliphatic rings. The highest BCUT2D eigenvalue weighted by Crippen LogP contribution is 2.43. The molecule has 0 amide bonds. The summed E-state index contributed by atoms with van der Waals surface area (Å²) in [6.45, 7) is 0. The monoisotopic (exact) mass is 764 g/mol. The molecule has 60 heavy (non-hydrogen) atoms. The van der Waals surface area contributed by atoms with E-state index in [0.29, 0.717) is 17.6 Å². The molecule has 0 aliphatic heterocycles. The third kappa shape index (κ3) is 4.84. The predicted molar refractivity (Wildman–Crippen MR) is 248 cm³/mol. The van der Waals surface area contributed by atoms with Crippen LogP contribution in [0.15, 0.2) is 199 Å². The highest BCUT2D eigenvalue weighted by Gasteiger charge is 2.23. The minimum Gasteiger partial charge on any atom is -0.455 e. The summed E-state index contributed by atoms with van der Waals surface area (Å²) in [5.41, 5.74) is 7.88. The molecule has 13 aromatic rings. The first-order valence-electron chi connectivity index (χ1n) is 20.3. The molecule has 0 bridgehead atoms. The Morgan fingerprint density at radius 1 is 0.350 bits per heavy atom. The minimum atomic E-state index is 0.549. The predicted octanol–water partition coefficient (Wildman–Crippen LogP) is 14.5. The summed E-state index contributed by atoms with van der Waals surface area (Å²) in [6, 6.07) is 68.5. The van der Waals surface area contributed by atoms with Crippen LogP contribution in [0.1, 0.15) is 0 Å². The lowest BCUT2D eigenvalue weighted by Crippen LogP contribution is -2.06. The second kappa shape index (κ2) is 12.7. The standard InChI is InChI=1S/C55H32N4O/c1-2-13-33(14-3-1)39-23-12-18-36-31-38(25-28-40(36)39)53-56-54(45-32-37-17-6-9-21-43(37)52-49(45)44-22-10-11-24-48(44)60-52)58-55(57-53)59-46-29-26-34-15-4-7-19-41(34)50(46)51-42-20-8-5-16-35(42)27-30-47(51)59/h1-32H. The molecule has 13 rings (SSSR count). The van der Waals surface area contributed by atoms with Crippen LogP contribution in [0.25, 0.3) is 127 Å². The van der Waals surface area contributed by atoms with Crippen LogP contribution in [-0.2, 0) is 0 Å². The first-order valence-corrected chi connectivity index (χ1v) is 20.3. The van der Waals surface area contributed by atoms with Crippen LogP contribution in [0.3, 0.4) is 0 Å². The number of benzene rings is 10. The topological polar surface area (TPSA) is 56.7 Å². The van der Waals surface area contributed by atoms with Crippen LogP contribution >= 0.6 is 0 Å². The molecule has 0 unspecified atom stereocenters. The van der Waals surface area contributed by atoms with Crippen LogP contribution in [0.5, 0.6) is 0 Å². The smallest absolute Gasteiger partial charge is 0.238 e. The zero-order valence-electron chi connectivity index (χ0n) is 32.2. The molecule has 0 atom stereocenters. The van der Waals surface area contributed by atoms with Gasteiger partial charge in [0.05, 0.1) is 11.0 Å². The number of fused-ring (bicyclic) bond motifs is 13. The summed E-state index contributed by atoms with van der Waals surface area (Å²) in [6.07, 6.45) is 0. The average molecular weight is 765 g/mol. The lowest BCUT2D eigenvalue weighted by atomic mass is 9.97. The molecular formula is C55H32N4O. The highest BCUT2D eigenvalue weighted by atomic mass is 16.3. The summed E-state index contributed by atoms with van der Waals surface area (Å²) in [7, 11) is 0. The van der Waals surface area contributed by atoms with Crippen molar-refractivity contribution in [1.82, 2.24) is 19.5 Å². The lowest BCUT2D eigenvalue weighted by molar-refractivity contribution is 0.672. The normalized spacial score (nSPS) is 12.0. The van der Waals surface area contributed by atoms with E-state index in [9.17, 15) is 0 Å². The molecule has 3 heterocycles. The Balaban J connectivity index is 1.15. The Morgan fingerprint density at radius 2 is 0.950 bits per heavy atom. The van der Waals surface area contributed by atoms with Gasteiger partial charge in [0.15, 0.2) is 11.6 Å². The van der Waals surface area contributed by atoms with Crippen molar-refractivity contribution in [3.8, 4) is 39.9 Å². The van der Waals surface area contributed by atoms with E-state index in [1.54, 1.807) is 0 Å². The largest absolute Gasteiger partial charge is 0.455 e. The van der Waals surface area contributed by atoms with Gasteiger partial charge in [-0.05, 0) is 79.2 Å². The van der Waals surface area contributed by atoms with Crippen molar-refractivity contribution in [1.29, 1.82) is 0 Å². The number of rotatable bonds is 4. The first kappa shape index (κ1) is 32.9. The fraction of sp³-hybridized carbons (Fsp3) is 0. The van der Waals surface area contributed by atoms with E-state index in [0.717, 1.165) is 60.3 Å². The van der Waals surface area contributed by atoms with Crippen molar-refractivity contribution < 1.29 is 4.42 Å². The van der Waals surface area contributed by atoms with Crippen LogP contribution in [0, 0.1) is 0 Å². The molecule has 5 heteroatoms. The maximum absolute atomic E-state index is 6.66. The minimum absolute atomic E-state index is 0.549. The number of hydrogen-bond donors (Lipinski definition) is 0. The van der Waals surface area contributed by atoms with Crippen molar-refractivity contribution in [2.45, 2.75) is 0 Å². The van der Waals surface area contributed by atoms with Crippen LogP contribution < -0.4 is 0 Å². The molecule has 0 aliphatic carbocycles. The Morgan fingerprint density at radius 3 is 1.70 bits per heavy atom. The van der Waals surface area contributed by atoms with Gasteiger partial charge in [-0.1, -0.05) is 164 Å². The van der Waals surface area contributed by atoms with Crippen molar-refractivity contribution in [2.75, 3.05) is 0 Å². The number of hydrogen-bond acceptors (Lipinski definition) is 4. The molecule has 10 aromatic carbocycles. The van der Waals surface area contributed by atoms with Gasteiger partial charge in [0.2, 0.25) is 5.95 Å². The Kier molecular flexibility index (Phi) is 6.95. The van der Waals surface area contributed by atoms with E-state index in [1.807, 2.05) is 12.1 Å². The van der Waals surface area contributed by atoms with E-state index < -0.39 is 0 Å². The van der Waals surface area contributed by atoms with E-state index in [-0.39, 0.29) is 0 Å². The van der Waals surface area contributed by atoms with Crippen molar-refractivity contribution >= 4 is 86.8 Å². The maximum Gasteiger partial charge on any atom is 0.238 e. The van der Waals surface area contributed by atoms with Gasteiger partial charge in [0.25, 0.3) is 0 Å². The van der Waals surface area contributed by atoms with Crippen LogP contribution in [0.2, 0.25) is 0 Å². The third-order valence-electron chi connectivity index (χ3n) is 12.2. The molecule has 0 spiro atoms. The second-order valence-corrected chi connectivity index (χ2v) is 15.5. The SMILES string of the molecule is c1ccc(-c2cccc3cc(-c4nc(-c5cc6ccccc6c6oc7ccccc7c56)nc(-n5c6ccc7ccccc7c6c6c7ccccc7ccc65)n4)ccc23)cc1. The molecule has 0 radical (unpaired) electrons. The molecule has 5 nitrogen and oxygen atoms in total. The van der Waals surface area contributed by atoms with E-state index in [1.165, 1.54) is 48.8 Å². The van der Waals surface area contributed by atoms with Gasteiger partial charge in [0, 0.05) is 38.1 Å². The van der Waals surface area contributed by atoms with Gasteiger partial charge in [-0.15, -0.1) is 0 Å². The van der Waals surface area contributed by atoms with Gasteiger partial charge in [0.1, 0.15) is 11.2 Å². The maximum atomic E-state index is 6.66. The van der Waals surface area contributed by atoms with Gasteiger partial charge < -0.3 is 4.42 Å². The molecule has 0 saturated carbocycles. The van der Waals surface area contributed by atoms with Gasteiger partial charge in [-0.3, -0.25) is 4.57 Å². The van der Waals surface area contributed by atoms with Gasteiger partial charge in [-0.2, -0.15) is 9.97 Å². The molecule has 278 valence electrons. The van der Waals surface area contributed by atoms with E-state index in [2.05, 4.69) is 187 Å². The quantitative estimate of drug-likeness (QED) is 0.179. The highest BCUT2D eigenvalue weighted by molar-refractivity contribution is 6.28. The molecule has 0 N–H and O–H groups in total. The fourth-order valence-electron chi connectivity index (χ4n) is 9.51. The molecule has 0 saturated heterocycles. The van der Waals surface area contributed by atoms with Crippen molar-refractivity contribution in [2.24, 2.45) is 0 Å². The summed E-state index contributed by atoms with van der Waals surface area (Å²) in [5, 5.41) is 13.5. The molecule has 0 fully saturated rings. The Labute approximate surface area is 343 Å². The van der Waals surface area contributed by atoms with Crippen LogP contribution in [0.4, 0.5) is 0 Å². The van der Waals surface area contributed by atoms with Crippen molar-refractivity contribution in [3.63, 3.8) is 0 Å². The Hall–Kier alpha value is -8.15. The number of aromatic nitrogens is 4. The number of para-hydroxylation sites is 1. The summed E-state index contributed by atoms with van der Waals surface area (Å²) >= 11 is 0. The molecule has 3 aromatic heterocycles. The number of furan rings is 1. The second-order valence-electron chi connectivity index (χ2n) is 15.5. The average Bonchev–Trinajstić information content (AvgIpc) is 3.88. The van der Waals surface area contributed by atoms with E-state index in [4.69, 9.17) is 19.4 Å². The molecular weight excluding hydrogens is 733 g/mol. The zero-order valence-corrected chi connectivity index (χ0v) is 32.2. The fourth-order valence-corrected chi connectivity index (χ4v) is 9.51. The zero-order chi connectivity index (χ0) is 39.3. The number of nitrogens with zero attached hydrogens (tertiary/aromatic N) is 4. The third-order valence-corrected chi connectivity index (χ3v) is 12.2. The lowest BCUT2D eigenvalue weighted by Gasteiger charge is -2.13.